The zero-order chi connectivity index (χ0) is 20.9. The molecule has 11 heteroatoms. The molecule has 2 aromatic heterocycles. The smallest absolute Gasteiger partial charge is 0.341 e. The van der Waals surface area contributed by atoms with Crippen LogP contribution in [-0.2, 0) is 4.84 Å². The number of hydrogen-bond donors (Lipinski definition) is 2. The maximum Gasteiger partial charge on any atom is 0.341 e. The summed E-state index contributed by atoms with van der Waals surface area (Å²) in [4.78, 5) is 34.2. The Balaban J connectivity index is 1.87. The first-order valence-electron chi connectivity index (χ1n) is 9.02. The van der Waals surface area contributed by atoms with Gasteiger partial charge in [-0.15, -0.1) is 0 Å². The summed E-state index contributed by atoms with van der Waals surface area (Å²) >= 11 is 0. The number of aromatic nitrogens is 2. The number of halogens is 2. The van der Waals surface area contributed by atoms with Gasteiger partial charge in [0, 0.05) is 18.8 Å². The Morgan fingerprint density at radius 3 is 2.83 bits per heavy atom. The molecule has 9 nitrogen and oxygen atoms in total. The highest BCUT2D eigenvalue weighted by molar-refractivity contribution is 6.00. The largest absolute Gasteiger partial charge is 0.477 e. The van der Waals surface area contributed by atoms with Gasteiger partial charge in [0.25, 0.3) is 0 Å². The van der Waals surface area contributed by atoms with E-state index in [2.05, 4.69) is 15.0 Å². The highest BCUT2D eigenvalue weighted by atomic mass is 19.1. The number of nitrogens with two attached hydrogens (primary N) is 1. The Morgan fingerprint density at radius 2 is 2.24 bits per heavy atom. The first-order chi connectivity index (χ1) is 13.8. The quantitative estimate of drug-likeness (QED) is 0.711. The third kappa shape index (κ3) is 3.11. The minimum absolute atomic E-state index is 0.0180. The number of alkyl halides is 1. The fourth-order valence-electron chi connectivity index (χ4n) is 3.57. The molecule has 0 spiro atoms. The van der Waals surface area contributed by atoms with Crippen molar-refractivity contribution in [3.8, 4) is 0 Å². The molecular weight excluding hydrogens is 388 g/mol. The third-order valence-electron chi connectivity index (χ3n) is 5.23. The van der Waals surface area contributed by atoms with Gasteiger partial charge in [-0.05, 0) is 18.9 Å². The number of pyridine rings is 2. The van der Waals surface area contributed by atoms with Gasteiger partial charge in [0.2, 0.25) is 5.43 Å². The van der Waals surface area contributed by atoms with Gasteiger partial charge < -0.3 is 25.1 Å². The maximum atomic E-state index is 15.0. The maximum absolute atomic E-state index is 15.0. The van der Waals surface area contributed by atoms with Crippen molar-refractivity contribution < 1.29 is 23.5 Å². The van der Waals surface area contributed by atoms with Crippen LogP contribution in [0.3, 0.4) is 0 Å². The van der Waals surface area contributed by atoms with Crippen LogP contribution in [-0.4, -0.2) is 58.8 Å². The first kappa shape index (κ1) is 19.2. The van der Waals surface area contributed by atoms with Crippen LogP contribution in [0.25, 0.3) is 11.0 Å². The van der Waals surface area contributed by atoms with E-state index in [1.165, 1.54) is 18.2 Å². The lowest BCUT2D eigenvalue weighted by molar-refractivity contribution is 0.0695. The standard InChI is InChI=1S/C18H19F2N5O4/c1-29-23-13-6-24(8-18(13,20)7-21)16-12(19)4-10-14(26)11(17(27)28)5-25(9-2-3-9)15(10)22-16/h4-5,9H,2-3,6-8,21H2,1H3,(H,27,28)/b23-13-. The van der Waals surface area contributed by atoms with Crippen molar-refractivity contribution >= 4 is 28.5 Å². The second-order valence-electron chi connectivity index (χ2n) is 7.23. The SMILES string of the molecule is CO/N=C1/CN(c2nc3c(cc2F)c(=O)c(C(=O)O)cn3C2CC2)CC1(F)CN. The normalized spacial score (nSPS) is 23.2. The lowest BCUT2D eigenvalue weighted by atomic mass is 10.0. The van der Waals surface area contributed by atoms with Crippen LogP contribution in [0, 0.1) is 5.82 Å². The summed E-state index contributed by atoms with van der Waals surface area (Å²) in [5, 5.41) is 12.8. The minimum atomic E-state index is -2.00. The van der Waals surface area contributed by atoms with Crippen molar-refractivity contribution in [2.24, 2.45) is 10.9 Å². The molecular formula is C18H19F2N5O4. The van der Waals surface area contributed by atoms with Gasteiger partial charge in [-0.1, -0.05) is 5.16 Å². The molecule has 2 aromatic rings. The Morgan fingerprint density at radius 1 is 1.52 bits per heavy atom. The topological polar surface area (TPSA) is 123 Å². The van der Waals surface area contributed by atoms with E-state index in [4.69, 9.17) is 5.73 Å². The van der Waals surface area contributed by atoms with E-state index in [0.29, 0.717) is 0 Å². The van der Waals surface area contributed by atoms with E-state index in [-0.39, 0.29) is 48.2 Å². The Bertz CT molecular complexity index is 1100. The van der Waals surface area contributed by atoms with Crippen molar-refractivity contribution in [1.29, 1.82) is 0 Å². The molecule has 154 valence electrons. The van der Waals surface area contributed by atoms with Crippen LogP contribution in [0.1, 0.15) is 29.2 Å². The number of carbonyl (C=O) groups is 1. The van der Waals surface area contributed by atoms with Crippen molar-refractivity contribution in [2.75, 3.05) is 31.6 Å². The number of oxime groups is 1. The van der Waals surface area contributed by atoms with E-state index in [0.717, 1.165) is 18.9 Å². The molecule has 1 aliphatic carbocycles. The molecule has 4 rings (SSSR count). The molecule has 2 fully saturated rings. The lowest BCUT2D eigenvalue weighted by Gasteiger charge is -2.21. The zero-order valence-electron chi connectivity index (χ0n) is 15.6. The summed E-state index contributed by atoms with van der Waals surface area (Å²) in [6.07, 6.45) is 2.82. The number of anilines is 1. The highest BCUT2D eigenvalue weighted by Crippen LogP contribution is 2.37. The molecule has 0 radical (unpaired) electrons. The van der Waals surface area contributed by atoms with Crippen LogP contribution < -0.4 is 16.1 Å². The zero-order valence-corrected chi connectivity index (χ0v) is 15.6. The molecule has 3 N–H and O–H groups in total. The Labute approximate surface area is 163 Å². The second-order valence-corrected chi connectivity index (χ2v) is 7.23. The number of aromatic carboxylic acids is 1. The Hall–Kier alpha value is -3.08. The lowest BCUT2D eigenvalue weighted by Crippen LogP contribution is -2.41. The monoisotopic (exact) mass is 407 g/mol. The number of rotatable bonds is 5. The van der Waals surface area contributed by atoms with Gasteiger partial charge in [0.1, 0.15) is 24.0 Å². The summed E-state index contributed by atoms with van der Waals surface area (Å²) in [5.41, 5.74) is 2.47. The van der Waals surface area contributed by atoms with Crippen LogP contribution >= 0.6 is 0 Å². The molecule has 3 heterocycles. The van der Waals surface area contributed by atoms with Crippen LogP contribution in [0.5, 0.6) is 0 Å². The summed E-state index contributed by atoms with van der Waals surface area (Å²) in [7, 11) is 1.27. The molecule has 1 aliphatic heterocycles. The molecule has 2 aliphatic rings. The molecule has 0 bridgehead atoms. The number of hydrogen-bond acceptors (Lipinski definition) is 7. The average molecular weight is 407 g/mol. The van der Waals surface area contributed by atoms with Crippen molar-refractivity contribution in [2.45, 2.75) is 24.6 Å². The fourth-order valence-corrected chi connectivity index (χ4v) is 3.57. The molecule has 29 heavy (non-hydrogen) atoms. The van der Waals surface area contributed by atoms with Gasteiger partial charge in [-0.25, -0.2) is 18.6 Å². The highest BCUT2D eigenvalue weighted by Gasteiger charge is 2.45. The van der Waals surface area contributed by atoms with Crippen molar-refractivity contribution in [1.82, 2.24) is 9.55 Å². The van der Waals surface area contributed by atoms with E-state index in [9.17, 15) is 19.1 Å². The van der Waals surface area contributed by atoms with Gasteiger partial charge in [-0.3, -0.25) is 4.79 Å². The fraction of sp³-hybridized carbons (Fsp3) is 0.444. The van der Waals surface area contributed by atoms with Gasteiger partial charge in [0.05, 0.1) is 18.5 Å². The second kappa shape index (κ2) is 6.76. The van der Waals surface area contributed by atoms with E-state index in [1.54, 1.807) is 4.57 Å². The van der Waals surface area contributed by atoms with E-state index >= 15 is 4.39 Å². The molecule has 1 saturated carbocycles. The van der Waals surface area contributed by atoms with Gasteiger partial charge >= 0.3 is 5.97 Å². The number of carboxylic acid groups (broad SMARTS) is 1. The summed E-state index contributed by atoms with van der Waals surface area (Å²) in [6.45, 7) is -0.727. The van der Waals surface area contributed by atoms with Crippen LogP contribution in [0.15, 0.2) is 22.2 Å². The van der Waals surface area contributed by atoms with Crippen molar-refractivity contribution in [3.05, 3.63) is 33.9 Å². The summed E-state index contributed by atoms with van der Waals surface area (Å²) < 4.78 is 31.5. The average Bonchev–Trinajstić information content (AvgIpc) is 3.47. The minimum Gasteiger partial charge on any atom is -0.477 e. The third-order valence-corrected chi connectivity index (χ3v) is 5.23. The molecule has 0 amide bonds. The molecule has 1 saturated heterocycles. The molecule has 1 atom stereocenters. The van der Waals surface area contributed by atoms with E-state index < -0.39 is 28.4 Å². The van der Waals surface area contributed by atoms with Crippen molar-refractivity contribution in [3.63, 3.8) is 0 Å². The van der Waals surface area contributed by atoms with E-state index in [1.807, 2.05) is 0 Å². The number of fused-ring (bicyclic) bond motifs is 1. The van der Waals surface area contributed by atoms with Crippen LogP contribution in [0.4, 0.5) is 14.6 Å². The molecule has 1 unspecified atom stereocenters. The van der Waals surface area contributed by atoms with Crippen LogP contribution in [0.2, 0.25) is 0 Å². The molecule has 0 aromatic carbocycles. The summed E-state index contributed by atoms with van der Waals surface area (Å²) in [5.74, 6) is -2.41. The summed E-state index contributed by atoms with van der Waals surface area (Å²) in [6, 6.07) is 0.939. The number of carboxylic acids is 1. The van der Waals surface area contributed by atoms with Gasteiger partial charge in [0.15, 0.2) is 17.3 Å². The predicted octanol–water partition coefficient (Wildman–Crippen LogP) is 1.06. The first-order valence-corrected chi connectivity index (χ1v) is 9.02. The predicted molar refractivity (Wildman–Crippen MR) is 101 cm³/mol. The Kier molecular flexibility index (Phi) is 4.49. The van der Waals surface area contributed by atoms with Gasteiger partial charge in [-0.2, -0.15) is 0 Å². The number of nitrogens with zero attached hydrogens (tertiary/aromatic N) is 4.